The molecule has 0 aliphatic heterocycles. The van der Waals surface area contributed by atoms with Crippen LogP contribution in [0.3, 0.4) is 0 Å². The van der Waals surface area contributed by atoms with Crippen molar-refractivity contribution in [3.8, 4) is 0 Å². The van der Waals surface area contributed by atoms with Crippen molar-refractivity contribution in [2.75, 3.05) is 0 Å². The fourth-order valence-electron chi connectivity index (χ4n) is 2.65. The monoisotopic (exact) mass is 208 g/mol. The van der Waals surface area contributed by atoms with Gasteiger partial charge in [-0.3, -0.25) is 4.68 Å². The molecule has 1 fully saturated rings. The van der Waals surface area contributed by atoms with Gasteiger partial charge in [0.1, 0.15) is 6.10 Å². The van der Waals surface area contributed by atoms with Gasteiger partial charge in [0.2, 0.25) is 0 Å². The minimum absolute atomic E-state index is 0.0625. The molecule has 1 heterocycles. The normalized spacial score (nSPS) is 21.8. The summed E-state index contributed by atoms with van der Waals surface area (Å²) in [5, 5.41) is 14.6. The van der Waals surface area contributed by atoms with Crippen LogP contribution in [0.5, 0.6) is 0 Å². The van der Waals surface area contributed by atoms with Gasteiger partial charge in [-0.05, 0) is 31.2 Å². The Balaban J connectivity index is 2.23. The molecule has 0 aromatic carbocycles. The van der Waals surface area contributed by atoms with Gasteiger partial charge >= 0.3 is 0 Å². The van der Waals surface area contributed by atoms with Crippen LogP contribution in [0.4, 0.5) is 0 Å². The lowest BCUT2D eigenvalue weighted by Crippen LogP contribution is -2.24. The first kappa shape index (κ1) is 10.7. The highest BCUT2D eigenvalue weighted by atomic mass is 16.3. The van der Waals surface area contributed by atoms with E-state index >= 15 is 0 Å². The fourth-order valence-corrected chi connectivity index (χ4v) is 2.65. The molecule has 0 radical (unpaired) electrons. The molecular weight excluding hydrogens is 188 g/mol. The number of hydrogen-bond acceptors (Lipinski definition) is 2. The number of nitrogens with zero attached hydrogens (tertiary/aromatic N) is 2. The van der Waals surface area contributed by atoms with Crippen LogP contribution < -0.4 is 0 Å². The third-order valence-corrected chi connectivity index (χ3v) is 3.73. The van der Waals surface area contributed by atoms with Gasteiger partial charge in [-0.15, -0.1) is 0 Å². The van der Waals surface area contributed by atoms with E-state index in [2.05, 4.69) is 18.9 Å². The summed E-state index contributed by atoms with van der Waals surface area (Å²) in [6, 6.07) is 1.94. The average Bonchev–Trinajstić information content (AvgIpc) is 2.85. The summed E-state index contributed by atoms with van der Waals surface area (Å²) in [4.78, 5) is 0. The van der Waals surface area contributed by atoms with Crippen molar-refractivity contribution in [2.45, 2.75) is 52.2 Å². The largest absolute Gasteiger partial charge is 0.386 e. The van der Waals surface area contributed by atoms with Crippen LogP contribution in [0.2, 0.25) is 0 Å². The van der Waals surface area contributed by atoms with Crippen LogP contribution in [0.25, 0.3) is 0 Å². The lowest BCUT2D eigenvalue weighted by atomic mass is 9.81. The minimum Gasteiger partial charge on any atom is -0.386 e. The highest BCUT2D eigenvalue weighted by molar-refractivity contribution is 5.09. The van der Waals surface area contributed by atoms with Crippen molar-refractivity contribution in [1.82, 2.24) is 9.78 Å². The van der Waals surface area contributed by atoms with Crippen LogP contribution in [-0.4, -0.2) is 14.9 Å². The number of aromatic nitrogens is 2. The molecule has 1 aliphatic carbocycles. The van der Waals surface area contributed by atoms with E-state index in [-0.39, 0.29) is 11.5 Å². The maximum Gasteiger partial charge on any atom is 0.101 e. The highest BCUT2D eigenvalue weighted by Crippen LogP contribution is 2.46. The summed E-state index contributed by atoms with van der Waals surface area (Å²) in [7, 11) is 0. The Morgan fingerprint density at radius 2 is 2.20 bits per heavy atom. The molecule has 1 aliphatic rings. The van der Waals surface area contributed by atoms with Crippen LogP contribution in [0.1, 0.15) is 51.3 Å². The van der Waals surface area contributed by atoms with E-state index in [1.807, 2.05) is 10.7 Å². The zero-order valence-electron chi connectivity index (χ0n) is 9.61. The Bertz CT molecular complexity index is 326. The van der Waals surface area contributed by atoms with Gasteiger partial charge in [0.25, 0.3) is 0 Å². The van der Waals surface area contributed by atoms with Gasteiger partial charge in [-0.25, -0.2) is 0 Å². The van der Waals surface area contributed by atoms with Gasteiger partial charge < -0.3 is 5.11 Å². The van der Waals surface area contributed by atoms with E-state index < -0.39 is 0 Å². The molecule has 1 atom stereocenters. The molecule has 3 nitrogen and oxygen atoms in total. The SMILES string of the molecule is CCn1nccc1C(O)C1(C)CCCC1. The van der Waals surface area contributed by atoms with Gasteiger partial charge in [-0.1, -0.05) is 19.8 Å². The molecule has 1 aromatic rings. The zero-order valence-corrected chi connectivity index (χ0v) is 9.61. The molecule has 15 heavy (non-hydrogen) atoms. The molecule has 3 heteroatoms. The van der Waals surface area contributed by atoms with Crippen molar-refractivity contribution in [1.29, 1.82) is 0 Å². The summed E-state index contributed by atoms with van der Waals surface area (Å²) in [6.45, 7) is 5.08. The van der Waals surface area contributed by atoms with Crippen LogP contribution >= 0.6 is 0 Å². The second-order valence-corrected chi connectivity index (χ2v) is 4.84. The van der Waals surface area contributed by atoms with Crippen molar-refractivity contribution < 1.29 is 5.11 Å². The van der Waals surface area contributed by atoms with Crippen LogP contribution in [0, 0.1) is 5.41 Å². The lowest BCUT2D eigenvalue weighted by Gasteiger charge is -2.30. The Morgan fingerprint density at radius 1 is 1.53 bits per heavy atom. The molecule has 2 rings (SSSR count). The van der Waals surface area contributed by atoms with E-state index in [1.165, 1.54) is 12.8 Å². The van der Waals surface area contributed by atoms with Gasteiger partial charge in [0.15, 0.2) is 0 Å². The number of rotatable bonds is 3. The zero-order chi connectivity index (χ0) is 10.9. The summed E-state index contributed by atoms with van der Waals surface area (Å²) in [6.07, 6.45) is 6.16. The average molecular weight is 208 g/mol. The molecule has 0 spiro atoms. The first-order valence-electron chi connectivity index (χ1n) is 5.87. The molecule has 1 saturated carbocycles. The summed E-state index contributed by atoms with van der Waals surface area (Å²) in [5.41, 5.74) is 1.04. The summed E-state index contributed by atoms with van der Waals surface area (Å²) < 4.78 is 1.90. The molecule has 0 saturated heterocycles. The van der Waals surface area contributed by atoms with E-state index in [9.17, 15) is 5.11 Å². The third kappa shape index (κ3) is 1.81. The number of aliphatic hydroxyl groups excluding tert-OH is 1. The Labute approximate surface area is 91.1 Å². The van der Waals surface area contributed by atoms with E-state index in [1.54, 1.807) is 6.20 Å². The smallest absolute Gasteiger partial charge is 0.101 e. The second kappa shape index (κ2) is 3.97. The minimum atomic E-state index is -0.359. The molecule has 84 valence electrons. The molecule has 0 amide bonds. The standard InChI is InChI=1S/C12H20N2O/c1-3-14-10(6-9-13-14)11(15)12(2)7-4-5-8-12/h6,9,11,15H,3-5,7-8H2,1-2H3. The highest BCUT2D eigenvalue weighted by Gasteiger charge is 2.38. The van der Waals surface area contributed by atoms with Gasteiger partial charge in [0, 0.05) is 12.7 Å². The summed E-state index contributed by atoms with van der Waals surface area (Å²) in [5.74, 6) is 0. The molecular formula is C12H20N2O. The topological polar surface area (TPSA) is 38.0 Å². The predicted molar refractivity (Wildman–Crippen MR) is 59.4 cm³/mol. The molecule has 0 bridgehead atoms. The second-order valence-electron chi connectivity index (χ2n) is 4.84. The fraction of sp³-hybridized carbons (Fsp3) is 0.750. The molecule has 1 unspecified atom stereocenters. The number of hydrogen-bond donors (Lipinski definition) is 1. The van der Waals surface area contributed by atoms with E-state index in [4.69, 9.17) is 0 Å². The Morgan fingerprint density at radius 3 is 2.80 bits per heavy atom. The van der Waals surface area contributed by atoms with Gasteiger partial charge in [-0.2, -0.15) is 5.10 Å². The summed E-state index contributed by atoms with van der Waals surface area (Å²) >= 11 is 0. The number of aryl methyl sites for hydroxylation is 1. The molecule has 1 aromatic heterocycles. The first-order chi connectivity index (χ1) is 7.17. The molecule has 1 N–H and O–H groups in total. The first-order valence-corrected chi connectivity index (χ1v) is 5.87. The Hall–Kier alpha value is -0.830. The van der Waals surface area contributed by atoms with Crippen molar-refractivity contribution in [3.05, 3.63) is 18.0 Å². The van der Waals surface area contributed by atoms with Crippen molar-refractivity contribution in [3.63, 3.8) is 0 Å². The van der Waals surface area contributed by atoms with Crippen LogP contribution in [-0.2, 0) is 6.54 Å². The Kier molecular flexibility index (Phi) is 2.83. The number of aliphatic hydroxyl groups is 1. The van der Waals surface area contributed by atoms with E-state index in [0.717, 1.165) is 25.1 Å². The predicted octanol–water partition coefficient (Wildman–Crippen LogP) is 2.52. The third-order valence-electron chi connectivity index (χ3n) is 3.73. The van der Waals surface area contributed by atoms with Gasteiger partial charge in [0.05, 0.1) is 5.69 Å². The lowest BCUT2D eigenvalue weighted by molar-refractivity contribution is 0.0336. The maximum absolute atomic E-state index is 10.4. The van der Waals surface area contributed by atoms with Crippen molar-refractivity contribution in [2.24, 2.45) is 5.41 Å². The van der Waals surface area contributed by atoms with Crippen molar-refractivity contribution >= 4 is 0 Å². The quantitative estimate of drug-likeness (QED) is 0.828. The van der Waals surface area contributed by atoms with E-state index in [0.29, 0.717) is 0 Å². The maximum atomic E-state index is 10.4. The van der Waals surface area contributed by atoms with Crippen LogP contribution in [0.15, 0.2) is 12.3 Å².